The maximum absolute atomic E-state index is 12.9. The largest absolute Gasteiger partial charge is 0.491 e. The lowest BCUT2D eigenvalue weighted by Gasteiger charge is -2.33. The van der Waals surface area contributed by atoms with Crippen LogP contribution < -0.4 is 9.46 Å². The molecule has 8 heteroatoms. The molecule has 0 radical (unpaired) electrons. The number of carbonyl (C=O) groups excluding carboxylic acids is 1. The summed E-state index contributed by atoms with van der Waals surface area (Å²) >= 11 is 0. The number of nitrogens with one attached hydrogen (secondary N) is 1. The number of piperidine rings is 1. The fraction of sp³-hybridized carbons (Fsp3) is 0.632. The molecule has 2 aliphatic rings. The van der Waals surface area contributed by atoms with E-state index in [4.69, 9.17) is 9.47 Å². The number of hydrogen-bond acceptors (Lipinski definition) is 5. The lowest BCUT2D eigenvalue weighted by molar-refractivity contribution is 0.0664. The van der Waals surface area contributed by atoms with Crippen LogP contribution in [0.1, 0.15) is 36.0 Å². The van der Waals surface area contributed by atoms with E-state index < -0.39 is 10.0 Å². The normalized spacial score (nSPS) is 23.4. The van der Waals surface area contributed by atoms with Gasteiger partial charge in [-0.3, -0.25) is 4.79 Å². The van der Waals surface area contributed by atoms with Gasteiger partial charge in [0.1, 0.15) is 12.4 Å². The van der Waals surface area contributed by atoms with E-state index in [1.54, 1.807) is 17.0 Å². The maximum atomic E-state index is 12.9. The number of carbonyl (C=O) groups is 1. The van der Waals surface area contributed by atoms with Gasteiger partial charge in [-0.2, -0.15) is 0 Å². The van der Waals surface area contributed by atoms with Gasteiger partial charge in [0.05, 0.1) is 12.4 Å². The van der Waals surface area contributed by atoms with E-state index in [1.165, 1.54) is 0 Å². The molecule has 2 atom stereocenters. The summed E-state index contributed by atoms with van der Waals surface area (Å²) in [5, 5.41) is 0. The molecule has 1 aromatic carbocycles. The van der Waals surface area contributed by atoms with Crippen LogP contribution in [-0.4, -0.2) is 64.4 Å². The molecule has 1 N–H and O–H groups in total. The quantitative estimate of drug-likeness (QED) is 0.757. The van der Waals surface area contributed by atoms with Crippen molar-refractivity contribution in [2.45, 2.75) is 31.8 Å². The summed E-state index contributed by atoms with van der Waals surface area (Å²) in [6, 6.07) is 7.24. The molecule has 2 heterocycles. The van der Waals surface area contributed by atoms with E-state index in [0.717, 1.165) is 38.5 Å². The van der Waals surface area contributed by atoms with Gasteiger partial charge in [-0.15, -0.1) is 0 Å². The average molecular weight is 397 g/mol. The van der Waals surface area contributed by atoms with Crippen LogP contribution in [0.4, 0.5) is 0 Å². The Morgan fingerprint density at radius 3 is 2.93 bits per heavy atom. The molecular formula is C19H28N2O5S. The first-order valence-electron chi connectivity index (χ1n) is 9.49. The Kier molecular flexibility index (Phi) is 6.73. The highest BCUT2D eigenvalue weighted by atomic mass is 32.2. The second kappa shape index (κ2) is 9.03. The minimum Gasteiger partial charge on any atom is -0.491 e. The minimum absolute atomic E-state index is 0.0402. The summed E-state index contributed by atoms with van der Waals surface area (Å²) in [4.78, 5) is 14.7. The van der Waals surface area contributed by atoms with Gasteiger partial charge in [-0.25, -0.2) is 13.1 Å². The molecule has 2 fully saturated rings. The van der Waals surface area contributed by atoms with E-state index >= 15 is 0 Å². The lowest BCUT2D eigenvalue weighted by Crippen LogP contribution is -2.43. The smallest absolute Gasteiger partial charge is 0.253 e. The molecule has 0 aliphatic carbocycles. The van der Waals surface area contributed by atoms with Crippen LogP contribution in [0.3, 0.4) is 0 Å². The van der Waals surface area contributed by atoms with Gasteiger partial charge in [0.25, 0.3) is 5.91 Å². The third-order valence-electron chi connectivity index (χ3n) is 4.98. The van der Waals surface area contributed by atoms with Crippen molar-refractivity contribution in [2.24, 2.45) is 5.92 Å². The summed E-state index contributed by atoms with van der Waals surface area (Å²) in [6.45, 7) is 2.90. The molecule has 150 valence electrons. The summed E-state index contributed by atoms with van der Waals surface area (Å²) in [5.41, 5.74) is 0.594. The number of ether oxygens (including phenoxy) is 2. The van der Waals surface area contributed by atoms with E-state index in [0.29, 0.717) is 37.6 Å². The van der Waals surface area contributed by atoms with Crippen LogP contribution in [0.25, 0.3) is 0 Å². The van der Waals surface area contributed by atoms with Crippen molar-refractivity contribution in [3.8, 4) is 5.75 Å². The van der Waals surface area contributed by atoms with Crippen molar-refractivity contribution in [1.29, 1.82) is 0 Å². The SMILES string of the molecule is CS(=O)(=O)NCC1CCCN(C(=O)c2cccc(OCC3CCCO3)c2)C1. The predicted molar refractivity (Wildman–Crippen MR) is 102 cm³/mol. The van der Waals surface area contributed by atoms with Crippen LogP contribution in [0.2, 0.25) is 0 Å². The molecular weight excluding hydrogens is 368 g/mol. The Bertz CT molecular complexity index is 746. The summed E-state index contributed by atoms with van der Waals surface area (Å²) < 4.78 is 36.5. The standard InChI is InChI=1S/C19H28N2O5S/c1-27(23,24)20-12-15-5-3-9-21(13-15)19(22)16-6-2-7-17(11-16)26-14-18-8-4-10-25-18/h2,6-7,11,15,18,20H,3-5,8-10,12-14H2,1H3. The molecule has 7 nitrogen and oxygen atoms in total. The number of sulfonamides is 1. The highest BCUT2D eigenvalue weighted by molar-refractivity contribution is 7.88. The molecule has 2 saturated heterocycles. The first kappa shape index (κ1) is 20.1. The van der Waals surface area contributed by atoms with Crippen molar-refractivity contribution in [3.05, 3.63) is 29.8 Å². The number of amides is 1. The molecule has 3 rings (SSSR count). The van der Waals surface area contributed by atoms with Gasteiger partial charge in [-0.1, -0.05) is 6.07 Å². The average Bonchev–Trinajstić information content (AvgIpc) is 3.18. The van der Waals surface area contributed by atoms with Crippen molar-refractivity contribution >= 4 is 15.9 Å². The van der Waals surface area contributed by atoms with Crippen LogP contribution in [-0.2, 0) is 14.8 Å². The number of benzene rings is 1. The highest BCUT2D eigenvalue weighted by Crippen LogP contribution is 2.21. The Morgan fingerprint density at radius 2 is 2.19 bits per heavy atom. The Hall–Kier alpha value is -1.64. The molecule has 0 spiro atoms. The predicted octanol–water partition coefficient (Wildman–Crippen LogP) is 1.65. The molecule has 1 aromatic rings. The number of likely N-dealkylation sites (tertiary alicyclic amines) is 1. The first-order chi connectivity index (χ1) is 12.9. The van der Waals surface area contributed by atoms with E-state index in [1.807, 2.05) is 12.1 Å². The molecule has 27 heavy (non-hydrogen) atoms. The third kappa shape index (κ3) is 6.19. The van der Waals surface area contributed by atoms with Crippen molar-refractivity contribution in [1.82, 2.24) is 9.62 Å². The second-order valence-electron chi connectivity index (χ2n) is 7.35. The van der Waals surface area contributed by atoms with Crippen LogP contribution in [0.5, 0.6) is 5.75 Å². The number of nitrogens with zero attached hydrogens (tertiary/aromatic N) is 1. The molecule has 0 saturated carbocycles. The highest BCUT2D eigenvalue weighted by Gasteiger charge is 2.25. The van der Waals surface area contributed by atoms with E-state index in [-0.39, 0.29) is 17.9 Å². The topological polar surface area (TPSA) is 84.9 Å². The monoisotopic (exact) mass is 396 g/mol. The molecule has 2 unspecified atom stereocenters. The zero-order valence-corrected chi connectivity index (χ0v) is 16.5. The van der Waals surface area contributed by atoms with Crippen molar-refractivity contribution in [2.75, 3.05) is 39.1 Å². The van der Waals surface area contributed by atoms with E-state index in [2.05, 4.69) is 4.72 Å². The molecule has 0 bridgehead atoms. The van der Waals surface area contributed by atoms with Gasteiger partial charge in [-0.05, 0) is 49.8 Å². The van der Waals surface area contributed by atoms with Gasteiger partial charge >= 0.3 is 0 Å². The van der Waals surface area contributed by atoms with Crippen LogP contribution in [0, 0.1) is 5.92 Å². The summed E-state index contributed by atoms with van der Waals surface area (Å²) in [7, 11) is -3.21. The second-order valence-corrected chi connectivity index (χ2v) is 9.19. The summed E-state index contributed by atoms with van der Waals surface area (Å²) in [5.74, 6) is 0.765. The van der Waals surface area contributed by atoms with E-state index in [9.17, 15) is 13.2 Å². The molecule has 1 amide bonds. The zero-order valence-electron chi connectivity index (χ0n) is 15.7. The Balaban J connectivity index is 1.56. The van der Waals surface area contributed by atoms with Gasteiger partial charge in [0, 0.05) is 31.8 Å². The van der Waals surface area contributed by atoms with Crippen LogP contribution in [0.15, 0.2) is 24.3 Å². The van der Waals surface area contributed by atoms with Crippen LogP contribution >= 0.6 is 0 Å². The number of hydrogen-bond donors (Lipinski definition) is 1. The maximum Gasteiger partial charge on any atom is 0.253 e. The third-order valence-corrected chi connectivity index (χ3v) is 5.67. The van der Waals surface area contributed by atoms with Gasteiger partial charge in [0.15, 0.2) is 0 Å². The van der Waals surface area contributed by atoms with Crippen molar-refractivity contribution in [3.63, 3.8) is 0 Å². The first-order valence-corrected chi connectivity index (χ1v) is 11.4. The lowest BCUT2D eigenvalue weighted by atomic mass is 9.97. The zero-order chi connectivity index (χ0) is 19.3. The van der Waals surface area contributed by atoms with Gasteiger partial charge in [0.2, 0.25) is 10.0 Å². The van der Waals surface area contributed by atoms with Gasteiger partial charge < -0.3 is 14.4 Å². The minimum atomic E-state index is -3.21. The number of rotatable bonds is 7. The fourth-order valence-corrected chi connectivity index (χ4v) is 4.09. The Morgan fingerprint density at radius 1 is 1.33 bits per heavy atom. The molecule has 0 aromatic heterocycles. The Labute approximate surface area is 161 Å². The van der Waals surface area contributed by atoms with Crippen molar-refractivity contribution < 1.29 is 22.7 Å². The fourth-order valence-electron chi connectivity index (χ4n) is 3.55. The summed E-state index contributed by atoms with van der Waals surface area (Å²) in [6.07, 6.45) is 5.15. The molecule has 2 aliphatic heterocycles.